The number of hydrogen-bond acceptors (Lipinski definition) is 5. The number of nitrogens with zero attached hydrogens (tertiary/aromatic N) is 4. The van der Waals surface area contributed by atoms with Crippen LogP contribution in [0.25, 0.3) is 0 Å². The van der Waals surface area contributed by atoms with Gasteiger partial charge in [-0.3, -0.25) is 0 Å². The van der Waals surface area contributed by atoms with Crippen LogP contribution in [-0.4, -0.2) is 25.1 Å². The molecule has 0 saturated heterocycles. The van der Waals surface area contributed by atoms with Crippen molar-refractivity contribution in [2.75, 3.05) is 0 Å². The molecule has 6 heteroatoms. The van der Waals surface area contributed by atoms with E-state index < -0.39 is 0 Å². The Morgan fingerprint density at radius 2 is 2.18 bits per heavy atom. The van der Waals surface area contributed by atoms with Gasteiger partial charge in [0, 0.05) is 10.8 Å². The van der Waals surface area contributed by atoms with E-state index in [1.54, 1.807) is 22.2 Å². The van der Waals surface area contributed by atoms with E-state index in [0.717, 1.165) is 10.7 Å². The highest BCUT2D eigenvalue weighted by molar-refractivity contribution is 7.09. The second-order valence-electron chi connectivity index (χ2n) is 4.94. The van der Waals surface area contributed by atoms with Gasteiger partial charge in [0.05, 0.1) is 25.0 Å². The second kappa shape index (κ2) is 4.54. The fourth-order valence-corrected chi connectivity index (χ4v) is 2.37. The van der Waals surface area contributed by atoms with Gasteiger partial charge in [0.25, 0.3) is 0 Å². The van der Waals surface area contributed by atoms with Gasteiger partial charge in [0.15, 0.2) is 0 Å². The third kappa shape index (κ3) is 2.89. The number of aliphatic hydroxyl groups excluding tert-OH is 1. The van der Waals surface area contributed by atoms with Crippen molar-refractivity contribution in [1.82, 2.24) is 20.0 Å². The molecule has 0 saturated carbocycles. The van der Waals surface area contributed by atoms with Crippen LogP contribution >= 0.6 is 11.3 Å². The van der Waals surface area contributed by atoms with Crippen molar-refractivity contribution in [3.63, 3.8) is 0 Å². The van der Waals surface area contributed by atoms with Crippen LogP contribution in [0.1, 0.15) is 37.2 Å². The number of aliphatic hydroxyl groups is 1. The minimum atomic E-state index is -0.0783. The molecule has 92 valence electrons. The Bertz CT molecular complexity index is 498. The molecule has 0 fully saturated rings. The Balaban J connectivity index is 2.11. The molecule has 0 bridgehead atoms. The number of hydrogen-bond donors (Lipinski definition) is 1. The van der Waals surface area contributed by atoms with E-state index >= 15 is 0 Å². The van der Waals surface area contributed by atoms with Gasteiger partial charge >= 0.3 is 0 Å². The van der Waals surface area contributed by atoms with Crippen molar-refractivity contribution < 1.29 is 5.11 Å². The number of thiazole rings is 1. The van der Waals surface area contributed by atoms with Crippen LogP contribution in [-0.2, 0) is 18.6 Å². The van der Waals surface area contributed by atoms with E-state index in [1.165, 1.54) is 0 Å². The first-order valence-corrected chi connectivity index (χ1v) is 6.32. The van der Waals surface area contributed by atoms with E-state index in [2.05, 4.69) is 41.4 Å². The lowest BCUT2D eigenvalue weighted by molar-refractivity contribution is 0.276. The fourth-order valence-electron chi connectivity index (χ4n) is 1.35. The molecule has 0 amide bonds. The molecule has 2 aromatic heterocycles. The molecule has 17 heavy (non-hydrogen) atoms. The van der Waals surface area contributed by atoms with Gasteiger partial charge in [-0.1, -0.05) is 26.0 Å². The summed E-state index contributed by atoms with van der Waals surface area (Å²) in [5.41, 5.74) is 1.76. The van der Waals surface area contributed by atoms with Crippen molar-refractivity contribution in [2.24, 2.45) is 0 Å². The zero-order chi connectivity index (χ0) is 12.5. The molecule has 0 atom stereocenters. The number of aromatic nitrogens is 4. The van der Waals surface area contributed by atoms with Gasteiger partial charge in [-0.05, 0) is 0 Å². The van der Waals surface area contributed by atoms with E-state index in [9.17, 15) is 0 Å². The molecule has 0 aliphatic rings. The SMILES string of the molecule is CC(C)(C)c1csc(Cn2cc(CO)nn2)n1. The zero-order valence-electron chi connectivity index (χ0n) is 10.2. The standard InChI is InChI=1S/C11H16N4OS/c1-11(2,3)9-7-17-10(12-9)5-15-4-8(6-16)13-14-15/h4,7,16H,5-6H2,1-3H3. The summed E-state index contributed by atoms with van der Waals surface area (Å²) < 4.78 is 1.69. The van der Waals surface area contributed by atoms with Gasteiger partial charge in [0.1, 0.15) is 10.7 Å². The molecule has 0 unspecified atom stereocenters. The van der Waals surface area contributed by atoms with Crippen LogP contribution in [0.2, 0.25) is 0 Å². The maximum atomic E-state index is 8.90. The van der Waals surface area contributed by atoms with Crippen LogP contribution in [0.4, 0.5) is 0 Å². The normalized spacial score (nSPS) is 12.0. The van der Waals surface area contributed by atoms with Gasteiger partial charge in [0.2, 0.25) is 0 Å². The molecule has 2 heterocycles. The van der Waals surface area contributed by atoms with E-state index in [0.29, 0.717) is 12.2 Å². The Morgan fingerprint density at radius 3 is 2.71 bits per heavy atom. The molecule has 2 rings (SSSR count). The molecule has 2 aromatic rings. The third-order valence-corrected chi connectivity index (χ3v) is 3.20. The summed E-state index contributed by atoms with van der Waals surface area (Å²) in [5.74, 6) is 0. The molecule has 5 nitrogen and oxygen atoms in total. The Morgan fingerprint density at radius 1 is 1.41 bits per heavy atom. The molecule has 0 spiro atoms. The second-order valence-corrected chi connectivity index (χ2v) is 5.88. The zero-order valence-corrected chi connectivity index (χ0v) is 11.0. The average molecular weight is 252 g/mol. The van der Waals surface area contributed by atoms with Crippen LogP contribution in [0.3, 0.4) is 0 Å². The van der Waals surface area contributed by atoms with Crippen LogP contribution in [0.5, 0.6) is 0 Å². The summed E-state index contributed by atoms with van der Waals surface area (Å²) in [6.07, 6.45) is 1.73. The largest absolute Gasteiger partial charge is 0.390 e. The van der Waals surface area contributed by atoms with Gasteiger partial charge in [-0.15, -0.1) is 16.4 Å². The lowest BCUT2D eigenvalue weighted by atomic mass is 9.93. The minimum Gasteiger partial charge on any atom is -0.390 e. The van der Waals surface area contributed by atoms with Crippen LogP contribution in [0, 0.1) is 0 Å². The fraction of sp³-hybridized carbons (Fsp3) is 0.545. The van der Waals surface area contributed by atoms with Crippen molar-refractivity contribution in [2.45, 2.75) is 39.3 Å². The maximum Gasteiger partial charge on any atom is 0.114 e. The van der Waals surface area contributed by atoms with E-state index in [4.69, 9.17) is 5.11 Å². The average Bonchev–Trinajstić information content (AvgIpc) is 2.86. The van der Waals surface area contributed by atoms with E-state index in [-0.39, 0.29) is 12.0 Å². The summed E-state index contributed by atoms with van der Waals surface area (Å²) in [4.78, 5) is 4.58. The highest BCUT2D eigenvalue weighted by Gasteiger charge is 2.17. The van der Waals surface area contributed by atoms with Crippen molar-refractivity contribution in [3.8, 4) is 0 Å². The highest BCUT2D eigenvalue weighted by atomic mass is 32.1. The molecule has 0 aliphatic carbocycles. The van der Waals surface area contributed by atoms with Gasteiger partial charge in [-0.25, -0.2) is 9.67 Å². The first kappa shape index (κ1) is 12.2. The monoisotopic (exact) mass is 252 g/mol. The number of rotatable bonds is 3. The highest BCUT2D eigenvalue weighted by Crippen LogP contribution is 2.24. The van der Waals surface area contributed by atoms with E-state index in [1.807, 2.05) is 0 Å². The van der Waals surface area contributed by atoms with Crippen LogP contribution < -0.4 is 0 Å². The smallest absolute Gasteiger partial charge is 0.114 e. The van der Waals surface area contributed by atoms with Crippen molar-refractivity contribution >= 4 is 11.3 Å². The summed E-state index contributed by atoms with van der Waals surface area (Å²) in [6.45, 7) is 6.96. The summed E-state index contributed by atoms with van der Waals surface area (Å²) >= 11 is 1.63. The lowest BCUT2D eigenvalue weighted by Crippen LogP contribution is -2.12. The Hall–Kier alpha value is -1.27. The predicted octanol–water partition coefficient (Wildman–Crippen LogP) is 1.57. The van der Waals surface area contributed by atoms with Gasteiger partial charge < -0.3 is 5.11 Å². The summed E-state index contributed by atoms with van der Waals surface area (Å²) in [5, 5.41) is 19.7. The topological polar surface area (TPSA) is 63.8 Å². The van der Waals surface area contributed by atoms with Crippen LogP contribution in [0.15, 0.2) is 11.6 Å². The summed E-state index contributed by atoms with van der Waals surface area (Å²) in [7, 11) is 0. The summed E-state index contributed by atoms with van der Waals surface area (Å²) in [6, 6.07) is 0. The minimum absolute atomic E-state index is 0.0768. The Kier molecular flexibility index (Phi) is 3.26. The van der Waals surface area contributed by atoms with Crippen molar-refractivity contribution in [3.05, 3.63) is 28.0 Å². The maximum absolute atomic E-state index is 8.90. The quantitative estimate of drug-likeness (QED) is 0.900. The molecule has 0 aliphatic heterocycles. The first-order chi connectivity index (χ1) is 7.99. The van der Waals surface area contributed by atoms with Crippen molar-refractivity contribution in [1.29, 1.82) is 0 Å². The first-order valence-electron chi connectivity index (χ1n) is 5.44. The predicted molar refractivity (Wildman–Crippen MR) is 65.9 cm³/mol. The third-order valence-electron chi connectivity index (χ3n) is 2.37. The molecule has 0 radical (unpaired) electrons. The lowest BCUT2D eigenvalue weighted by Gasteiger charge is -2.14. The Labute approximate surface area is 104 Å². The molecule has 1 N–H and O–H groups in total. The molecular weight excluding hydrogens is 236 g/mol. The van der Waals surface area contributed by atoms with Gasteiger partial charge in [-0.2, -0.15) is 0 Å². The molecular formula is C11H16N4OS. The molecule has 0 aromatic carbocycles.